The molecular formula is C13H22N2O. The second-order valence-electron chi connectivity index (χ2n) is 4.10. The molecule has 0 aliphatic heterocycles. The SMILES string of the molecule is CCCCN(CCO)Cc1cccc(N)c1. The van der Waals surface area contributed by atoms with Crippen molar-refractivity contribution >= 4 is 5.69 Å². The number of nitrogens with two attached hydrogens (primary N) is 1. The molecule has 3 heteroatoms. The predicted octanol–water partition coefficient (Wildman–Crippen LogP) is 1.86. The summed E-state index contributed by atoms with van der Waals surface area (Å²) in [5.41, 5.74) is 7.76. The third-order valence-electron chi connectivity index (χ3n) is 2.60. The van der Waals surface area contributed by atoms with Crippen molar-refractivity contribution in [2.24, 2.45) is 0 Å². The van der Waals surface area contributed by atoms with Gasteiger partial charge in [-0.1, -0.05) is 25.5 Å². The van der Waals surface area contributed by atoms with E-state index in [1.165, 1.54) is 18.4 Å². The number of nitrogen functional groups attached to an aromatic ring is 1. The number of hydrogen-bond donors (Lipinski definition) is 2. The number of benzene rings is 1. The fourth-order valence-electron chi connectivity index (χ4n) is 1.74. The minimum absolute atomic E-state index is 0.214. The third kappa shape index (κ3) is 4.64. The van der Waals surface area contributed by atoms with Crippen LogP contribution in [0.25, 0.3) is 0 Å². The molecule has 3 nitrogen and oxygen atoms in total. The van der Waals surface area contributed by atoms with Gasteiger partial charge in [0.05, 0.1) is 6.61 Å². The molecule has 90 valence electrons. The lowest BCUT2D eigenvalue weighted by atomic mass is 10.2. The number of hydrogen-bond acceptors (Lipinski definition) is 3. The van der Waals surface area contributed by atoms with E-state index in [9.17, 15) is 0 Å². The highest BCUT2D eigenvalue weighted by molar-refractivity contribution is 5.40. The van der Waals surface area contributed by atoms with Gasteiger partial charge < -0.3 is 10.8 Å². The van der Waals surface area contributed by atoms with E-state index in [4.69, 9.17) is 10.8 Å². The summed E-state index contributed by atoms with van der Waals surface area (Å²) in [5, 5.41) is 9.00. The smallest absolute Gasteiger partial charge is 0.0558 e. The molecule has 0 radical (unpaired) electrons. The normalized spacial score (nSPS) is 10.9. The highest BCUT2D eigenvalue weighted by Gasteiger charge is 2.04. The Morgan fingerprint density at radius 3 is 2.75 bits per heavy atom. The molecule has 0 aliphatic rings. The topological polar surface area (TPSA) is 49.5 Å². The quantitative estimate of drug-likeness (QED) is 0.692. The largest absolute Gasteiger partial charge is 0.399 e. The monoisotopic (exact) mass is 222 g/mol. The standard InChI is InChI=1S/C13H22N2O/c1-2-3-7-15(8-9-16)11-12-5-4-6-13(14)10-12/h4-6,10,16H,2-3,7-9,11,14H2,1H3. The molecule has 1 aromatic carbocycles. The zero-order chi connectivity index (χ0) is 11.8. The van der Waals surface area contributed by atoms with Gasteiger partial charge in [0.15, 0.2) is 0 Å². The summed E-state index contributed by atoms with van der Waals surface area (Å²) in [6.45, 7) is 5.02. The lowest BCUT2D eigenvalue weighted by Crippen LogP contribution is -2.27. The van der Waals surface area contributed by atoms with E-state index in [0.717, 1.165) is 25.3 Å². The van der Waals surface area contributed by atoms with Crippen molar-refractivity contribution in [1.29, 1.82) is 0 Å². The van der Waals surface area contributed by atoms with Gasteiger partial charge in [-0.05, 0) is 30.7 Å². The number of aliphatic hydroxyl groups excluding tert-OH is 1. The van der Waals surface area contributed by atoms with Crippen LogP contribution in [0.2, 0.25) is 0 Å². The molecule has 16 heavy (non-hydrogen) atoms. The minimum Gasteiger partial charge on any atom is -0.399 e. The van der Waals surface area contributed by atoms with E-state index < -0.39 is 0 Å². The summed E-state index contributed by atoms with van der Waals surface area (Å²) in [4.78, 5) is 2.26. The van der Waals surface area contributed by atoms with Gasteiger partial charge in [-0.2, -0.15) is 0 Å². The Morgan fingerprint density at radius 1 is 1.31 bits per heavy atom. The molecule has 0 aliphatic carbocycles. The molecule has 3 N–H and O–H groups in total. The average Bonchev–Trinajstić information content (AvgIpc) is 2.26. The van der Waals surface area contributed by atoms with Crippen LogP contribution in [0.15, 0.2) is 24.3 Å². The molecule has 0 unspecified atom stereocenters. The zero-order valence-electron chi connectivity index (χ0n) is 10.0. The van der Waals surface area contributed by atoms with Gasteiger partial charge >= 0.3 is 0 Å². The number of rotatable bonds is 7. The summed E-state index contributed by atoms with van der Waals surface area (Å²) in [7, 11) is 0. The van der Waals surface area contributed by atoms with Gasteiger partial charge in [0.2, 0.25) is 0 Å². The van der Waals surface area contributed by atoms with Gasteiger partial charge in [-0.25, -0.2) is 0 Å². The van der Waals surface area contributed by atoms with Crippen molar-refractivity contribution in [3.63, 3.8) is 0 Å². The third-order valence-corrected chi connectivity index (χ3v) is 2.60. The van der Waals surface area contributed by atoms with Crippen molar-refractivity contribution in [3.05, 3.63) is 29.8 Å². The van der Waals surface area contributed by atoms with E-state index in [1.807, 2.05) is 18.2 Å². The van der Waals surface area contributed by atoms with Crippen LogP contribution in [0, 0.1) is 0 Å². The summed E-state index contributed by atoms with van der Waals surface area (Å²) >= 11 is 0. The average molecular weight is 222 g/mol. The van der Waals surface area contributed by atoms with Crippen LogP contribution in [-0.2, 0) is 6.54 Å². The lowest BCUT2D eigenvalue weighted by Gasteiger charge is -2.21. The number of aliphatic hydroxyl groups is 1. The number of unbranched alkanes of at least 4 members (excludes halogenated alkanes) is 1. The first-order valence-electron chi connectivity index (χ1n) is 5.94. The van der Waals surface area contributed by atoms with Crippen molar-refractivity contribution in [2.75, 3.05) is 25.4 Å². The van der Waals surface area contributed by atoms with Gasteiger partial charge in [0.25, 0.3) is 0 Å². The van der Waals surface area contributed by atoms with Crippen molar-refractivity contribution in [2.45, 2.75) is 26.3 Å². The predicted molar refractivity (Wildman–Crippen MR) is 68.1 cm³/mol. The van der Waals surface area contributed by atoms with Crippen LogP contribution in [0.5, 0.6) is 0 Å². The molecule has 0 heterocycles. The van der Waals surface area contributed by atoms with E-state index in [2.05, 4.69) is 17.9 Å². The minimum atomic E-state index is 0.214. The molecule has 0 saturated heterocycles. The summed E-state index contributed by atoms with van der Waals surface area (Å²) in [6.07, 6.45) is 2.35. The van der Waals surface area contributed by atoms with Crippen molar-refractivity contribution < 1.29 is 5.11 Å². The van der Waals surface area contributed by atoms with Crippen LogP contribution in [0.4, 0.5) is 5.69 Å². The molecule has 0 aromatic heterocycles. The molecule has 0 spiro atoms. The first-order valence-corrected chi connectivity index (χ1v) is 5.94. The Hall–Kier alpha value is -1.06. The Kier molecular flexibility index (Phi) is 5.90. The molecule has 0 bridgehead atoms. The Bertz CT molecular complexity index is 302. The molecule has 0 saturated carbocycles. The van der Waals surface area contributed by atoms with E-state index in [-0.39, 0.29) is 6.61 Å². The highest BCUT2D eigenvalue weighted by Crippen LogP contribution is 2.10. The Balaban J connectivity index is 2.52. The summed E-state index contributed by atoms with van der Waals surface area (Å²) in [5.74, 6) is 0. The van der Waals surface area contributed by atoms with Gasteiger partial charge in [0, 0.05) is 18.8 Å². The van der Waals surface area contributed by atoms with Gasteiger partial charge in [0.1, 0.15) is 0 Å². The maximum atomic E-state index is 9.00. The number of anilines is 1. The summed E-state index contributed by atoms with van der Waals surface area (Å²) < 4.78 is 0. The molecule has 0 amide bonds. The second-order valence-corrected chi connectivity index (χ2v) is 4.10. The molecular weight excluding hydrogens is 200 g/mol. The zero-order valence-corrected chi connectivity index (χ0v) is 10.0. The van der Waals surface area contributed by atoms with Crippen LogP contribution < -0.4 is 5.73 Å². The van der Waals surface area contributed by atoms with Crippen LogP contribution in [0.1, 0.15) is 25.3 Å². The molecule has 1 rings (SSSR count). The maximum absolute atomic E-state index is 9.00. The van der Waals surface area contributed by atoms with Crippen molar-refractivity contribution in [3.8, 4) is 0 Å². The van der Waals surface area contributed by atoms with Crippen LogP contribution in [-0.4, -0.2) is 29.7 Å². The first kappa shape index (κ1) is 13.0. The van der Waals surface area contributed by atoms with Crippen LogP contribution >= 0.6 is 0 Å². The van der Waals surface area contributed by atoms with Crippen molar-refractivity contribution in [1.82, 2.24) is 4.90 Å². The van der Waals surface area contributed by atoms with E-state index >= 15 is 0 Å². The van der Waals surface area contributed by atoms with Gasteiger partial charge in [-0.3, -0.25) is 4.90 Å². The lowest BCUT2D eigenvalue weighted by molar-refractivity contribution is 0.188. The molecule has 0 fully saturated rings. The number of nitrogens with zero attached hydrogens (tertiary/aromatic N) is 1. The molecule has 0 atom stereocenters. The van der Waals surface area contributed by atoms with Crippen LogP contribution in [0.3, 0.4) is 0 Å². The Labute approximate surface area is 97.9 Å². The maximum Gasteiger partial charge on any atom is 0.0558 e. The fraction of sp³-hybridized carbons (Fsp3) is 0.538. The second kappa shape index (κ2) is 7.25. The highest BCUT2D eigenvalue weighted by atomic mass is 16.3. The summed E-state index contributed by atoms with van der Waals surface area (Å²) in [6, 6.07) is 7.94. The van der Waals surface area contributed by atoms with E-state index in [1.54, 1.807) is 0 Å². The molecule has 1 aromatic rings. The fourth-order valence-corrected chi connectivity index (χ4v) is 1.74. The van der Waals surface area contributed by atoms with E-state index in [0.29, 0.717) is 0 Å². The van der Waals surface area contributed by atoms with Gasteiger partial charge in [-0.15, -0.1) is 0 Å². The Morgan fingerprint density at radius 2 is 2.12 bits per heavy atom. The first-order chi connectivity index (χ1) is 7.76.